The van der Waals surface area contributed by atoms with Crippen molar-refractivity contribution in [3.63, 3.8) is 0 Å². The van der Waals surface area contributed by atoms with E-state index < -0.39 is 29.0 Å². The first-order valence-electron chi connectivity index (χ1n) is 8.57. The Labute approximate surface area is 158 Å². The molecule has 6 nitrogen and oxygen atoms in total. The van der Waals surface area contributed by atoms with Gasteiger partial charge in [0.2, 0.25) is 0 Å². The van der Waals surface area contributed by atoms with Gasteiger partial charge in [-0.05, 0) is 24.5 Å². The first-order chi connectivity index (χ1) is 13.2. The molecule has 0 spiro atoms. The van der Waals surface area contributed by atoms with Crippen LogP contribution >= 0.6 is 0 Å². The molecule has 2 N–H and O–H groups in total. The summed E-state index contributed by atoms with van der Waals surface area (Å²) in [5.41, 5.74) is -1.17. The molecule has 1 aliphatic heterocycles. The van der Waals surface area contributed by atoms with Gasteiger partial charge in [0.05, 0.1) is 11.1 Å². The third-order valence-electron chi connectivity index (χ3n) is 4.91. The number of hydrogen-bond acceptors (Lipinski definition) is 4. The van der Waals surface area contributed by atoms with Crippen LogP contribution in [0.4, 0.5) is 13.2 Å². The lowest BCUT2D eigenvalue weighted by molar-refractivity contribution is -0.137. The minimum Gasteiger partial charge on any atom is -0.478 e. The van der Waals surface area contributed by atoms with Crippen LogP contribution in [0.1, 0.15) is 44.9 Å². The standard InChI is InChI=1S/C19H18F3NO5/c20-19(21,22)14-3-1-2-13(9-14)18(4-6-27-7-5-18)11-23-16(24)15-8-12(10-28-15)17(25)26/h1-3,8-10H,4-7,11H2,(H,23,24)(H,25,26). The fraction of sp³-hybridized carbons (Fsp3) is 0.368. The predicted octanol–water partition coefficient (Wildman–Crippen LogP) is 3.47. The highest BCUT2D eigenvalue weighted by Gasteiger charge is 2.38. The Morgan fingerprint density at radius 3 is 2.50 bits per heavy atom. The summed E-state index contributed by atoms with van der Waals surface area (Å²) in [6, 6.07) is 6.17. The van der Waals surface area contributed by atoms with Gasteiger partial charge < -0.3 is 19.6 Å². The fourth-order valence-electron chi connectivity index (χ4n) is 3.26. The number of carbonyl (C=O) groups excluding carboxylic acids is 1. The van der Waals surface area contributed by atoms with Crippen LogP contribution in [-0.4, -0.2) is 36.7 Å². The van der Waals surface area contributed by atoms with Gasteiger partial charge in [-0.2, -0.15) is 13.2 Å². The molecule has 0 saturated carbocycles. The average Bonchev–Trinajstić information content (AvgIpc) is 3.17. The van der Waals surface area contributed by atoms with Gasteiger partial charge in [0.1, 0.15) is 6.26 Å². The fourth-order valence-corrected chi connectivity index (χ4v) is 3.26. The summed E-state index contributed by atoms with van der Waals surface area (Å²) in [5, 5.41) is 11.6. The minimum atomic E-state index is -4.47. The minimum absolute atomic E-state index is 0.0691. The predicted molar refractivity (Wildman–Crippen MR) is 91.2 cm³/mol. The van der Waals surface area contributed by atoms with Crippen LogP contribution in [0.25, 0.3) is 0 Å². The maximum absolute atomic E-state index is 13.1. The van der Waals surface area contributed by atoms with E-state index in [-0.39, 0.29) is 17.9 Å². The van der Waals surface area contributed by atoms with Crippen molar-refractivity contribution in [3.05, 3.63) is 59.0 Å². The molecule has 0 bridgehead atoms. The molecule has 2 heterocycles. The van der Waals surface area contributed by atoms with Crippen molar-refractivity contribution in [2.75, 3.05) is 19.8 Å². The molecule has 2 aromatic rings. The molecule has 9 heteroatoms. The van der Waals surface area contributed by atoms with Crippen molar-refractivity contribution < 1.29 is 37.0 Å². The van der Waals surface area contributed by atoms with Crippen molar-refractivity contribution in [1.29, 1.82) is 0 Å². The largest absolute Gasteiger partial charge is 0.478 e. The number of rotatable bonds is 5. The number of carboxylic acids is 1. The molecule has 1 aromatic carbocycles. The van der Waals surface area contributed by atoms with Gasteiger partial charge >= 0.3 is 12.1 Å². The first-order valence-corrected chi connectivity index (χ1v) is 8.57. The van der Waals surface area contributed by atoms with Gasteiger partial charge in [-0.25, -0.2) is 4.79 Å². The van der Waals surface area contributed by atoms with Crippen LogP contribution in [0.3, 0.4) is 0 Å². The van der Waals surface area contributed by atoms with Crippen molar-refractivity contribution in [3.8, 4) is 0 Å². The number of benzene rings is 1. The Bertz CT molecular complexity index is 868. The van der Waals surface area contributed by atoms with E-state index in [0.717, 1.165) is 24.5 Å². The van der Waals surface area contributed by atoms with Crippen LogP contribution in [0.5, 0.6) is 0 Å². The highest BCUT2D eigenvalue weighted by molar-refractivity contribution is 5.95. The maximum atomic E-state index is 13.1. The summed E-state index contributed by atoms with van der Waals surface area (Å²) in [4.78, 5) is 23.2. The Balaban J connectivity index is 1.82. The molecule has 150 valence electrons. The summed E-state index contributed by atoms with van der Waals surface area (Å²) in [6.07, 6.45) is -2.64. The van der Waals surface area contributed by atoms with Crippen molar-refractivity contribution >= 4 is 11.9 Å². The van der Waals surface area contributed by atoms with Crippen molar-refractivity contribution in [2.24, 2.45) is 0 Å². The van der Waals surface area contributed by atoms with Crippen molar-refractivity contribution in [1.82, 2.24) is 5.32 Å². The summed E-state index contributed by atoms with van der Waals surface area (Å²) < 4.78 is 49.6. The van der Waals surface area contributed by atoms with Crippen LogP contribution in [-0.2, 0) is 16.3 Å². The Morgan fingerprint density at radius 2 is 1.89 bits per heavy atom. The number of nitrogens with one attached hydrogen (secondary N) is 1. The Kier molecular flexibility index (Phi) is 5.46. The van der Waals surface area contributed by atoms with E-state index in [1.807, 2.05) is 0 Å². The van der Waals surface area contributed by atoms with E-state index in [1.54, 1.807) is 6.07 Å². The molecule has 3 rings (SSSR count). The van der Waals surface area contributed by atoms with Gasteiger partial charge in [0.15, 0.2) is 5.76 Å². The molecular weight excluding hydrogens is 379 g/mol. The smallest absolute Gasteiger partial charge is 0.416 e. The number of alkyl halides is 3. The molecule has 1 amide bonds. The third-order valence-corrected chi connectivity index (χ3v) is 4.91. The van der Waals surface area contributed by atoms with E-state index in [9.17, 15) is 22.8 Å². The van der Waals surface area contributed by atoms with E-state index in [4.69, 9.17) is 14.3 Å². The van der Waals surface area contributed by atoms with Gasteiger partial charge in [0.25, 0.3) is 5.91 Å². The quantitative estimate of drug-likeness (QED) is 0.807. The Morgan fingerprint density at radius 1 is 1.18 bits per heavy atom. The maximum Gasteiger partial charge on any atom is 0.416 e. The lowest BCUT2D eigenvalue weighted by atomic mass is 9.73. The van der Waals surface area contributed by atoms with Gasteiger partial charge in [-0.1, -0.05) is 18.2 Å². The molecule has 0 unspecified atom stereocenters. The van der Waals surface area contributed by atoms with Gasteiger partial charge in [-0.15, -0.1) is 0 Å². The molecule has 0 radical (unpaired) electrons. The molecule has 0 atom stereocenters. The van der Waals surface area contributed by atoms with Crippen molar-refractivity contribution in [2.45, 2.75) is 24.4 Å². The zero-order valence-corrected chi connectivity index (χ0v) is 14.7. The zero-order valence-electron chi connectivity index (χ0n) is 14.7. The Hall–Kier alpha value is -2.81. The highest BCUT2D eigenvalue weighted by Crippen LogP contribution is 2.37. The highest BCUT2D eigenvalue weighted by atomic mass is 19.4. The summed E-state index contributed by atoms with van der Waals surface area (Å²) >= 11 is 0. The average molecular weight is 397 g/mol. The number of hydrogen-bond donors (Lipinski definition) is 2. The number of carbonyl (C=O) groups is 2. The van der Waals surface area contributed by atoms with E-state index >= 15 is 0 Å². The normalized spacial score (nSPS) is 16.5. The van der Waals surface area contributed by atoms with Gasteiger partial charge in [0, 0.05) is 31.2 Å². The SMILES string of the molecule is O=C(O)c1coc(C(=O)NCC2(c3cccc(C(F)(F)F)c3)CCOCC2)c1. The molecule has 1 fully saturated rings. The molecule has 1 aromatic heterocycles. The van der Waals surface area contributed by atoms with Crippen LogP contribution in [0.2, 0.25) is 0 Å². The second kappa shape index (κ2) is 7.67. The lowest BCUT2D eigenvalue weighted by Gasteiger charge is -2.38. The number of aromatic carboxylic acids is 1. The number of carboxylic acid groups (broad SMARTS) is 1. The molecular formula is C19H18F3NO5. The molecule has 0 aliphatic carbocycles. The second-order valence-corrected chi connectivity index (χ2v) is 6.66. The third kappa shape index (κ3) is 4.19. The molecule has 1 saturated heterocycles. The van der Waals surface area contributed by atoms with E-state index in [0.29, 0.717) is 31.6 Å². The second-order valence-electron chi connectivity index (χ2n) is 6.66. The van der Waals surface area contributed by atoms with Crippen LogP contribution < -0.4 is 5.32 Å². The van der Waals surface area contributed by atoms with Crippen LogP contribution in [0, 0.1) is 0 Å². The molecule has 28 heavy (non-hydrogen) atoms. The first kappa shape index (κ1) is 19.9. The summed E-state index contributed by atoms with van der Waals surface area (Å²) in [6.45, 7) is 0.783. The summed E-state index contributed by atoms with van der Waals surface area (Å²) in [7, 11) is 0. The van der Waals surface area contributed by atoms with Gasteiger partial charge in [-0.3, -0.25) is 4.79 Å². The number of halogens is 3. The topological polar surface area (TPSA) is 88.8 Å². The van der Waals surface area contributed by atoms with E-state index in [1.165, 1.54) is 6.07 Å². The number of furan rings is 1. The van der Waals surface area contributed by atoms with E-state index in [2.05, 4.69) is 5.32 Å². The zero-order chi connectivity index (χ0) is 20.4. The monoisotopic (exact) mass is 397 g/mol. The molecule has 1 aliphatic rings. The summed E-state index contributed by atoms with van der Waals surface area (Å²) in [5.74, 6) is -2.04. The number of amides is 1. The number of ether oxygens (including phenoxy) is 1. The lowest BCUT2D eigenvalue weighted by Crippen LogP contribution is -2.44. The van der Waals surface area contributed by atoms with Crippen LogP contribution in [0.15, 0.2) is 41.0 Å².